The highest BCUT2D eigenvalue weighted by atomic mass is 32.2. The van der Waals surface area contributed by atoms with Crippen LogP contribution >= 0.6 is 11.8 Å². The molecule has 3 rings (SSSR count). The Morgan fingerprint density at radius 1 is 1.22 bits per heavy atom. The normalized spacial score (nSPS) is 17.3. The van der Waals surface area contributed by atoms with Crippen LogP contribution in [0.3, 0.4) is 0 Å². The molecular formula is C17H20N2O2S2. The molecular weight excluding hydrogens is 328 g/mol. The number of thioether (sulfide) groups is 1. The fourth-order valence-corrected chi connectivity index (χ4v) is 3.99. The molecule has 0 bridgehead atoms. The van der Waals surface area contributed by atoms with E-state index in [9.17, 15) is 8.42 Å². The van der Waals surface area contributed by atoms with E-state index in [-0.39, 0.29) is 4.90 Å². The van der Waals surface area contributed by atoms with Crippen LogP contribution < -0.4 is 10.0 Å². The molecule has 0 aromatic heterocycles. The van der Waals surface area contributed by atoms with Gasteiger partial charge in [0.05, 0.1) is 4.90 Å². The fourth-order valence-electron chi connectivity index (χ4n) is 3.02. The molecule has 6 heteroatoms. The topological polar surface area (TPSA) is 63.4 Å². The lowest BCUT2D eigenvalue weighted by Crippen LogP contribution is -2.28. The van der Waals surface area contributed by atoms with Crippen molar-refractivity contribution in [3.63, 3.8) is 0 Å². The Morgan fingerprint density at radius 3 is 2.52 bits per heavy atom. The third kappa shape index (κ3) is 3.39. The number of fused-ring (bicyclic) bond motifs is 1. The molecule has 0 radical (unpaired) electrons. The Balaban J connectivity index is 1.88. The summed E-state index contributed by atoms with van der Waals surface area (Å²) < 4.78 is 23.0. The highest BCUT2D eigenvalue weighted by Crippen LogP contribution is 2.34. The largest absolute Gasteiger partial charge is 0.364 e. The Morgan fingerprint density at radius 2 is 1.91 bits per heavy atom. The van der Waals surface area contributed by atoms with Crippen LogP contribution in [0.1, 0.15) is 18.1 Å². The van der Waals surface area contributed by atoms with Crippen molar-refractivity contribution >= 4 is 27.5 Å². The van der Waals surface area contributed by atoms with Gasteiger partial charge < -0.3 is 4.90 Å². The molecule has 1 heterocycles. The standard InChI is InChI=1S/C17H20N2O2S2/c1-12-9-14-10-16(23(18,20)21)7-8-17(14)19(12)11-13-3-5-15(22-2)6-4-13/h3-8,10,12H,9,11H2,1-2H3,(H2,18,20,21)/t12-/m1/s1. The summed E-state index contributed by atoms with van der Waals surface area (Å²) in [6.45, 7) is 2.98. The lowest BCUT2D eigenvalue weighted by molar-refractivity contribution is 0.597. The van der Waals surface area contributed by atoms with Crippen molar-refractivity contribution in [1.82, 2.24) is 0 Å². The van der Waals surface area contributed by atoms with E-state index in [0.29, 0.717) is 6.04 Å². The van der Waals surface area contributed by atoms with Crippen LogP contribution in [0.2, 0.25) is 0 Å². The Bertz CT molecular complexity index is 817. The van der Waals surface area contributed by atoms with Gasteiger partial charge in [-0.25, -0.2) is 13.6 Å². The van der Waals surface area contributed by atoms with Gasteiger partial charge >= 0.3 is 0 Å². The maximum Gasteiger partial charge on any atom is 0.238 e. The molecule has 1 aliphatic heterocycles. The summed E-state index contributed by atoms with van der Waals surface area (Å²) in [5, 5.41) is 5.23. The van der Waals surface area contributed by atoms with E-state index in [0.717, 1.165) is 24.2 Å². The lowest BCUT2D eigenvalue weighted by atomic mass is 10.1. The zero-order chi connectivity index (χ0) is 16.6. The molecule has 0 aliphatic carbocycles. The summed E-state index contributed by atoms with van der Waals surface area (Å²) in [5.74, 6) is 0. The van der Waals surface area contributed by atoms with Gasteiger partial charge in [-0.3, -0.25) is 0 Å². The smallest absolute Gasteiger partial charge is 0.238 e. The number of nitrogens with zero attached hydrogens (tertiary/aromatic N) is 1. The SMILES string of the molecule is CSc1ccc(CN2c3ccc(S(N)(=O)=O)cc3C[C@H]2C)cc1. The van der Waals surface area contributed by atoms with Gasteiger partial charge in [0, 0.05) is 23.2 Å². The molecule has 0 saturated heterocycles. The first-order chi connectivity index (χ1) is 10.9. The Labute approximate surface area is 141 Å². The first-order valence-corrected chi connectivity index (χ1v) is 10.2. The molecule has 0 spiro atoms. The van der Waals surface area contributed by atoms with Crippen LogP contribution in [0.5, 0.6) is 0 Å². The molecule has 2 aromatic rings. The van der Waals surface area contributed by atoms with Crippen LogP contribution in [0.4, 0.5) is 5.69 Å². The van der Waals surface area contributed by atoms with E-state index in [1.165, 1.54) is 10.5 Å². The van der Waals surface area contributed by atoms with Gasteiger partial charge in [-0.05, 0) is 61.1 Å². The number of hydrogen-bond donors (Lipinski definition) is 1. The molecule has 2 aromatic carbocycles. The molecule has 1 atom stereocenters. The van der Waals surface area contributed by atoms with Gasteiger partial charge in [-0.1, -0.05) is 12.1 Å². The number of nitrogens with two attached hydrogens (primary N) is 1. The van der Waals surface area contributed by atoms with Gasteiger partial charge in [0.1, 0.15) is 0 Å². The van der Waals surface area contributed by atoms with Gasteiger partial charge in [0.2, 0.25) is 10.0 Å². The van der Waals surface area contributed by atoms with E-state index in [2.05, 4.69) is 42.3 Å². The monoisotopic (exact) mass is 348 g/mol. The van der Waals surface area contributed by atoms with E-state index in [1.54, 1.807) is 23.9 Å². The summed E-state index contributed by atoms with van der Waals surface area (Å²) in [6.07, 6.45) is 2.90. The van der Waals surface area contributed by atoms with Crippen LogP contribution in [-0.4, -0.2) is 20.7 Å². The number of sulfonamides is 1. The first-order valence-electron chi connectivity index (χ1n) is 7.44. The van der Waals surface area contributed by atoms with Gasteiger partial charge in [0.15, 0.2) is 0 Å². The summed E-state index contributed by atoms with van der Waals surface area (Å²) >= 11 is 1.73. The second kappa shape index (κ2) is 6.19. The summed E-state index contributed by atoms with van der Waals surface area (Å²) in [7, 11) is -3.65. The predicted molar refractivity (Wildman–Crippen MR) is 95.4 cm³/mol. The number of rotatable bonds is 4. The van der Waals surface area contributed by atoms with Crippen LogP contribution in [-0.2, 0) is 23.0 Å². The van der Waals surface area contributed by atoms with Crippen molar-refractivity contribution in [3.8, 4) is 0 Å². The van der Waals surface area contributed by atoms with Crippen LogP contribution in [0.15, 0.2) is 52.3 Å². The van der Waals surface area contributed by atoms with E-state index >= 15 is 0 Å². The number of benzene rings is 2. The van der Waals surface area contributed by atoms with Crippen molar-refractivity contribution < 1.29 is 8.42 Å². The average molecular weight is 348 g/mol. The second-order valence-electron chi connectivity index (χ2n) is 5.86. The molecule has 1 aliphatic rings. The Hall–Kier alpha value is -1.50. The van der Waals surface area contributed by atoms with Crippen molar-refractivity contribution in [3.05, 3.63) is 53.6 Å². The first kappa shape index (κ1) is 16.4. The highest BCUT2D eigenvalue weighted by molar-refractivity contribution is 7.98. The zero-order valence-electron chi connectivity index (χ0n) is 13.2. The van der Waals surface area contributed by atoms with Crippen LogP contribution in [0, 0.1) is 0 Å². The minimum atomic E-state index is -3.65. The summed E-state index contributed by atoms with van der Waals surface area (Å²) in [6, 6.07) is 14.1. The molecule has 2 N–H and O–H groups in total. The maximum atomic E-state index is 11.5. The lowest BCUT2D eigenvalue weighted by Gasteiger charge is -2.25. The predicted octanol–water partition coefficient (Wildman–Crippen LogP) is 3.01. The number of anilines is 1. The number of primary sulfonamides is 1. The minimum absolute atomic E-state index is 0.189. The molecule has 0 saturated carbocycles. The molecule has 0 amide bonds. The second-order valence-corrected chi connectivity index (χ2v) is 8.31. The molecule has 0 fully saturated rings. The minimum Gasteiger partial charge on any atom is -0.364 e. The van der Waals surface area contributed by atoms with E-state index in [1.807, 2.05) is 6.07 Å². The van der Waals surface area contributed by atoms with Crippen molar-refractivity contribution in [2.24, 2.45) is 5.14 Å². The molecule has 4 nitrogen and oxygen atoms in total. The third-order valence-corrected chi connectivity index (χ3v) is 5.90. The van der Waals surface area contributed by atoms with Crippen molar-refractivity contribution in [1.29, 1.82) is 0 Å². The summed E-state index contributed by atoms with van der Waals surface area (Å²) in [4.78, 5) is 3.76. The fraction of sp³-hybridized carbons (Fsp3) is 0.294. The van der Waals surface area contributed by atoms with Gasteiger partial charge in [-0.15, -0.1) is 11.8 Å². The van der Waals surface area contributed by atoms with Crippen LogP contribution in [0.25, 0.3) is 0 Å². The van der Waals surface area contributed by atoms with Crippen molar-refractivity contribution in [2.75, 3.05) is 11.2 Å². The van der Waals surface area contributed by atoms with E-state index < -0.39 is 10.0 Å². The number of hydrogen-bond acceptors (Lipinski definition) is 4. The quantitative estimate of drug-likeness (QED) is 0.863. The Kier molecular flexibility index (Phi) is 4.40. The van der Waals surface area contributed by atoms with Crippen molar-refractivity contribution in [2.45, 2.75) is 35.7 Å². The summed E-state index contributed by atoms with van der Waals surface area (Å²) in [5.41, 5.74) is 3.39. The van der Waals surface area contributed by atoms with Gasteiger partial charge in [-0.2, -0.15) is 0 Å². The highest BCUT2D eigenvalue weighted by Gasteiger charge is 2.27. The maximum absolute atomic E-state index is 11.5. The zero-order valence-corrected chi connectivity index (χ0v) is 14.8. The molecule has 23 heavy (non-hydrogen) atoms. The average Bonchev–Trinajstić information content (AvgIpc) is 2.82. The molecule has 122 valence electrons. The molecule has 0 unspecified atom stereocenters. The van der Waals surface area contributed by atoms with E-state index in [4.69, 9.17) is 5.14 Å². The van der Waals surface area contributed by atoms with Gasteiger partial charge in [0.25, 0.3) is 0 Å². The third-order valence-electron chi connectivity index (χ3n) is 4.25.